The number of pyridine rings is 2. The van der Waals surface area contributed by atoms with E-state index in [2.05, 4.69) is 162 Å². The number of nitrogens with zero attached hydrogens (tertiary/aromatic N) is 4. The molecule has 0 saturated heterocycles. The van der Waals surface area contributed by atoms with Gasteiger partial charge < -0.3 is 19.5 Å². The zero-order valence-electron chi connectivity index (χ0n) is 34.0. The Bertz CT molecular complexity index is 2640. The molecule has 0 unspecified atom stereocenters. The molecule has 9 rings (SSSR count). The molecule has 2 aliphatic rings. The third kappa shape index (κ3) is 6.58. The summed E-state index contributed by atoms with van der Waals surface area (Å²) in [5, 5.41) is 0. The molecule has 2 aliphatic heterocycles. The summed E-state index contributed by atoms with van der Waals surface area (Å²) in [6, 6.07) is 42.5. The molecule has 0 atom stereocenters. The van der Waals surface area contributed by atoms with Crippen LogP contribution in [0.3, 0.4) is 0 Å². The number of hydrogen-bond donors (Lipinski definition) is 0. The van der Waals surface area contributed by atoms with Gasteiger partial charge in [-0.05, 0) is 116 Å². The number of benzene rings is 5. The Balaban J connectivity index is 0.00000455. The maximum atomic E-state index is 6.42. The molecular formula is C50H45BN4OPt. The Morgan fingerprint density at radius 2 is 1.16 bits per heavy atom. The fourth-order valence-electron chi connectivity index (χ4n) is 9.04. The maximum absolute atomic E-state index is 6.42. The van der Waals surface area contributed by atoms with Crippen molar-refractivity contribution in [2.24, 2.45) is 0 Å². The third-order valence-corrected chi connectivity index (χ3v) is 11.2. The van der Waals surface area contributed by atoms with Crippen LogP contribution in [0.2, 0.25) is 0 Å². The number of rotatable bonds is 5. The standard InChI is InChI=1S/C50H45BN4O.Pt/c1-30-23-32(3)48(33(4)24-30)54-42-18-16-36(41-28-37(20-22-52-41)50(7,8)9)27-39(42)51-40-29-38(56-46-15-10-11-21-53-46)17-19-43(40)55(45-14-12-13-44(54)47(45)51)49-34(5)25-31(2)26-35(49)6;/h10-26,28H,1-9H3;/q-2;+2. The summed E-state index contributed by atoms with van der Waals surface area (Å²) < 4.78 is 6.42. The second-order valence-corrected chi connectivity index (χ2v) is 16.6. The Labute approximate surface area is 352 Å². The molecule has 57 heavy (non-hydrogen) atoms. The molecule has 284 valence electrons. The molecule has 7 aromatic rings. The number of aromatic nitrogens is 2. The summed E-state index contributed by atoms with van der Waals surface area (Å²) in [5.74, 6) is 1.15. The van der Waals surface area contributed by atoms with Gasteiger partial charge in [0.25, 0.3) is 0 Å². The first-order chi connectivity index (χ1) is 26.9. The van der Waals surface area contributed by atoms with Gasteiger partial charge in [0.05, 0.1) is 0 Å². The molecule has 4 heterocycles. The zero-order valence-corrected chi connectivity index (χ0v) is 36.3. The summed E-state index contributed by atoms with van der Waals surface area (Å²) in [4.78, 5) is 14.3. The van der Waals surface area contributed by atoms with Crippen molar-refractivity contribution < 1.29 is 25.8 Å². The molecule has 5 aromatic carbocycles. The normalized spacial score (nSPS) is 12.8. The summed E-state index contributed by atoms with van der Waals surface area (Å²) in [5.41, 5.74) is 20.6. The van der Waals surface area contributed by atoms with Gasteiger partial charge in [0, 0.05) is 47.0 Å². The van der Waals surface area contributed by atoms with E-state index in [-0.39, 0.29) is 33.2 Å². The quantitative estimate of drug-likeness (QED) is 0.127. The second kappa shape index (κ2) is 14.5. The molecule has 7 heteroatoms. The van der Waals surface area contributed by atoms with E-state index in [1.807, 2.05) is 30.5 Å². The zero-order chi connectivity index (χ0) is 39.0. The van der Waals surface area contributed by atoms with Crippen LogP contribution in [-0.2, 0) is 26.5 Å². The van der Waals surface area contributed by atoms with E-state index in [1.165, 1.54) is 55.8 Å². The Morgan fingerprint density at radius 3 is 1.72 bits per heavy atom. The van der Waals surface area contributed by atoms with Gasteiger partial charge in [0.15, 0.2) is 0 Å². The van der Waals surface area contributed by atoms with Crippen LogP contribution in [0.25, 0.3) is 11.3 Å². The van der Waals surface area contributed by atoms with E-state index in [1.54, 1.807) is 6.20 Å². The van der Waals surface area contributed by atoms with Crippen LogP contribution in [0.5, 0.6) is 11.6 Å². The summed E-state index contributed by atoms with van der Waals surface area (Å²) in [7, 11) is 0. The largest absolute Gasteiger partial charge is 2.00 e. The van der Waals surface area contributed by atoms with Gasteiger partial charge >= 0.3 is 21.1 Å². The number of aryl methyl sites for hydroxylation is 6. The van der Waals surface area contributed by atoms with Gasteiger partial charge in [0.1, 0.15) is 0 Å². The first-order valence-electron chi connectivity index (χ1n) is 19.4. The van der Waals surface area contributed by atoms with E-state index in [9.17, 15) is 0 Å². The van der Waals surface area contributed by atoms with Crippen LogP contribution in [0.1, 0.15) is 59.7 Å². The minimum absolute atomic E-state index is 0. The predicted molar refractivity (Wildman–Crippen MR) is 233 cm³/mol. The van der Waals surface area contributed by atoms with Crippen molar-refractivity contribution in [2.75, 3.05) is 9.80 Å². The molecule has 0 aliphatic carbocycles. The summed E-state index contributed by atoms with van der Waals surface area (Å²) in [6.45, 7) is 19.8. The van der Waals surface area contributed by atoms with Crippen LogP contribution >= 0.6 is 0 Å². The fraction of sp³-hybridized carbons (Fsp3) is 0.200. The number of fused-ring (bicyclic) bond motifs is 4. The number of hydrogen-bond acceptors (Lipinski definition) is 5. The van der Waals surface area contributed by atoms with Crippen molar-refractivity contribution in [1.29, 1.82) is 0 Å². The predicted octanol–water partition coefficient (Wildman–Crippen LogP) is 10.8. The first-order valence-corrected chi connectivity index (χ1v) is 19.4. The molecule has 0 saturated carbocycles. The summed E-state index contributed by atoms with van der Waals surface area (Å²) >= 11 is 0. The topological polar surface area (TPSA) is 41.5 Å². The summed E-state index contributed by atoms with van der Waals surface area (Å²) in [6.07, 6.45) is 3.68. The Morgan fingerprint density at radius 1 is 0.579 bits per heavy atom. The smallest absolute Gasteiger partial charge is 0.466 e. The number of ether oxygens (including phenoxy) is 1. The van der Waals surface area contributed by atoms with Crippen molar-refractivity contribution >= 4 is 57.2 Å². The van der Waals surface area contributed by atoms with Crippen molar-refractivity contribution in [3.05, 3.63) is 161 Å². The van der Waals surface area contributed by atoms with Gasteiger partial charge in [-0.15, -0.1) is 47.4 Å². The van der Waals surface area contributed by atoms with E-state index < -0.39 is 0 Å². The molecule has 0 bridgehead atoms. The number of anilines is 6. The van der Waals surface area contributed by atoms with Crippen LogP contribution in [0, 0.1) is 53.7 Å². The molecule has 0 spiro atoms. The molecule has 5 nitrogen and oxygen atoms in total. The molecule has 2 aromatic heterocycles. The van der Waals surface area contributed by atoms with Gasteiger partial charge in [-0.3, -0.25) is 0 Å². The van der Waals surface area contributed by atoms with Crippen molar-refractivity contribution in [2.45, 2.75) is 67.7 Å². The van der Waals surface area contributed by atoms with Crippen molar-refractivity contribution in [3.63, 3.8) is 0 Å². The van der Waals surface area contributed by atoms with E-state index in [0.29, 0.717) is 11.6 Å². The van der Waals surface area contributed by atoms with Gasteiger partial charge in [0.2, 0.25) is 12.6 Å². The van der Waals surface area contributed by atoms with Crippen molar-refractivity contribution in [3.8, 4) is 22.9 Å². The molecule has 0 amide bonds. The van der Waals surface area contributed by atoms with E-state index in [0.717, 1.165) is 44.9 Å². The van der Waals surface area contributed by atoms with Gasteiger partial charge in [-0.25, -0.2) is 4.98 Å². The van der Waals surface area contributed by atoms with Gasteiger partial charge in [-0.1, -0.05) is 80.1 Å². The molecular weight excluding hydrogens is 878 g/mol. The second-order valence-electron chi connectivity index (χ2n) is 16.6. The average molecular weight is 924 g/mol. The van der Waals surface area contributed by atoms with Crippen LogP contribution in [-0.4, -0.2) is 16.7 Å². The monoisotopic (exact) mass is 923 g/mol. The average Bonchev–Trinajstić information content (AvgIpc) is 3.15. The van der Waals surface area contributed by atoms with Gasteiger partial charge in [-0.2, -0.15) is 5.46 Å². The maximum Gasteiger partial charge on any atom is 2.00 e. The third-order valence-electron chi connectivity index (χ3n) is 11.2. The molecule has 0 radical (unpaired) electrons. The Kier molecular flexibility index (Phi) is 9.77. The van der Waals surface area contributed by atoms with E-state index in [4.69, 9.17) is 9.72 Å². The fourth-order valence-corrected chi connectivity index (χ4v) is 9.04. The Hall–Kier alpha value is -5.45. The minimum atomic E-state index is -0.200. The minimum Gasteiger partial charge on any atom is -0.466 e. The SMILES string of the molecule is Cc1cc(C)c(N2c3ccc(Oc4ccccn4)[c-]c3B3c4[c-]c(-c5cc(C(C)(C)C)ccn5)ccc4N(c4c(C)cc(C)cc4C)c4cccc2c43)c(C)c1.[Pt+2]. The molecule has 0 N–H and O–H groups in total. The first kappa shape index (κ1) is 38.4. The van der Waals surface area contributed by atoms with Crippen LogP contribution in [0.4, 0.5) is 34.1 Å². The van der Waals surface area contributed by atoms with Crippen LogP contribution in [0.15, 0.2) is 109 Å². The van der Waals surface area contributed by atoms with Crippen LogP contribution < -0.4 is 30.9 Å². The van der Waals surface area contributed by atoms with Crippen molar-refractivity contribution in [1.82, 2.24) is 9.97 Å². The molecule has 0 fully saturated rings. The van der Waals surface area contributed by atoms with E-state index >= 15 is 0 Å².